The lowest BCUT2D eigenvalue weighted by Gasteiger charge is -2.30. The van der Waals surface area contributed by atoms with Gasteiger partial charge in [0.05, 0.1) is 6.61 Å². The van der Waals surface area contributed by atoms with Crippen LogP contribution in [0.1, 0.15) is 40.0 Å². The predicted octanol–water partition coefficient (Wildman–Crippen LogP) is 2.72. The Morgan fingerprint density at radius 3 is 2.12 bits per heavy atom. The van der Waals surface area contributed by atoms with Crippen LogP contribution in [0.4, 0.5) is 13.2 Å². The molecule has 0 saturated heterocycles. The third-order valence-electron chi connectivity index (χ3n) is 2.47. The van der Waals surface area contributed by atoms with Gasteiger partial charge < -0.3 is 10.4 Å². The van der Waals surface area contributed by atoms with Gasteiger partial charge >= 0.3 is 6.18 Å². The molecule has 0 heterocycles. The monoisotopic (exact) mass is 241 g/mol. The number of rotatable bonds is 7. The molecular weight excluding hydrogens is 219 g/mol. The van der Waals surface area contributed by atoms with Gasteiger partial charge in [0.15, 0.2) is 0 Å². The molecule has 0 saturated carbocycles. The fourth-order valence-corrected chi connectivity index (χ4v) is 1.35. The summed E-state index contributed by atoms with van der Waals surface area (Å²) < 4.78 is 35.9. The fraction of sp³-hybridized carbons (Fsp3) is 1.00. The van der Waals surface area contributed by atoms with Gasteiger partial charge in [-0.05, 0) is 32.2 Å². The summed E-state index contributed by atoms with van der Waals surface area (Å²) in [5.41, 5.74) is -0.602. The molecule has 0 aromatic rings. The van der Waals surface area contributed by atoms with E-state index in [1.165, 1.54) is 0 Å². The first kappa shape index (κ1) is 15.7. The van der Waals surface area contributed by atoms with Gasteiger partial charge in [-0.25, -0.2) is 0 Å². The molecule has 0 amide bonds. The van der Waals surface area contributed by atoms with Gasteiger partial charge in [-0.3, -0.25) is 0 Å². The molecule has 98 valence electrons. The molecule has 5 heteroatoms. The summed E-state index contributed by atoms with van der Waals surface area (Å²) in [4.78, 5) is 0. The summed E-state index contributed by atoms with van der Waals surface area (Å²) in [6, 6.07) is 0. The summed E-state index contributed by atoms with van der Waals surface area (Å²) in [7, 11) is 0. The Balaban J connectivity index is 3.97. The van der Waals surface area contributed by atoms with Crippen molar-refractivity contribution in [1.82, 2.24) is 5.32 Å². The first-order valence-corrected chi connectivity index (χ1v) is 5.61. The molecule has 0 aliphatic carbocycles. The van der Waals surface area contributed by atoms with E-state index < -0.39 is 18.1 Å². The van der Waals surface area contributed by atoms with Gasteiger partial charge in [0.25, 0.3) is 0 Å². The molecular formula is C11H22F3NO. The highest BCUT2D eigenvalue weighted by Crippen LogP contribution is 2.24. The van der Waals surface area contributed by atoms with Crippen molar-refractivity contribution >= 4 is 0 Å². The summed E-state index contributed by atoms with van der Waals surface area (Å²) >= 11 is 0. The highest BCUT2D eigenvalue weighted by Gasteiger charge is 2.29. The quantitative estimate of drug-likeness (QED) is 0.718. The second kappa shape index (κ2) is 6.45. The lowest BCUT2D eigenvalue weighted by atomic mass is 9.95. The Morgan fingerprint density at radius 2 is 1.75 bits per heavy atom. The van der Waals surface area contributed by atoms with E-state index >= 15 is 0 Å². The van der Waals surface area contributed by atoms with Gasteiger partial charge in [-0.1, -0.05) is 13.8 Å². The molecule has 1 unspecified atom stereocenters. The molecule has 1 atom stereocenters. The highest BCUT2D eigenvalue weighted by molar-refractivity contribution is 4.82. The van der Waals surface area contributed by atoms with Crippen molar-refractivity contribution in [2.75, 3.05) is 13.2 Å². The van der Waals surface area contributed by atoms with Gasteiger partial charge in [-0.2, -0.15) is 13.2 Å². The zero-order chi connectivity index (χ0) is 12.8. The number of aliphatic hydroxyl groups excluding tert-OH is 1. The van der Waals surface area contributed by atoms with Gasteiger partial charge in [0.1, 0.15) is 0 Å². The Bertz CT molecular complexity index is 194. The molecule has 0 rings (SSSR count). The molecule has 0 aliphatic heterocycles. The predicted molar refractivity (Wildman–Crippen MR) is 58.2 cm³/mol. The van der Waals surface area contributed by atoms with E-state index in [2.05, 4.69) is 5.32 Å². The Labute approximate surface area is 95.2 Å². The number of hydrogen-bond donors (Lipinski definition) is 2. The molecule has 0 aromatic heterocycles. The van der Waals surface area contributed by atoms with E-state index in [4.69, 9.17) is 0 Å². The second-order valence-corrected chi connectivity index (χ2v) is 4.96. The van der Waals surface area contributed by atoms with E-state index in [9.17, 15) is 18.3 Å². The first-order chi connectivity index (χ1) is 7.18. The Kier molecular flexibility index (Phi) is 6.33. The number of alkyl halides is 3. The minimum absolute atomic E-state index is 0.0473. The average molecular weight is 241 g/mol. The van der Waals surface area contributed by atoms with Crippen molar-refractivity contribution in [3.63, 3.8) is 0 Å². The van der Waals surface area contributed by atoms with Gasteiger partial charge in [-0.15, -0.1) is 0 Å². The SMILES string of the molecule is CC(C)CNC(C)(CO)CCCC(F)(F)F. The summed E-state index contributed by atoms with van der Waals surface area (Å²) in [6.07, 6.45) is -4.51. The second-order valence-electron chi connectivity index (χ2n) is 4.96. The van der Waals surface area contributed by atoms with E-state index in [-0.39, 0.29) is 13.0 Å². The molecule has 2 N–H and O–H groups in total. The van der Waals surface area contributed by atoms with Crippen molar-refractivity contribution in [2.45, 2.75) is 51.7 Å². The van der Waals surface area contributed by atoms with Crippen molar-refractivity contribution in [3.05, 3.63) is 0 Å². The minimum Gasteiger partial charge on any atom is -0.394 e. The van der Waals surface area contributed by atoms with Crippen LogP contribution in [0.5, 0.6) is 0 Å². The lowest BCUT2D eigenvalue weighted by Crippen LogP contribution is -2.47. The maximum absolute atomic E-state index is 12.0. The fourth-order valence-electron chi connectivity index (χ4n) is 1.35. The summed E-state index contributed by atoms with van der Waals surface area (Å²) in [5.74, 6) is 0.411. The van der Waals surface area contributed by atoms with Crippen LogP contribution in [-0.4, -0.2) is 30.0 Å². The maximum Gasteiger partial charge on any atom is 0.389 e. The van der Waals surface area contributed by atoms with E-state index in [1.807, 2.05) is 13.8 Å². The molecule has 2 nitrogen and oxygen atoms in total. The van der Waals surface area contributed by atoms with Gasteiger partial charge in [0.2, 0.25) is 0 Å². The van der Waals surface area contributed by atoms with Crippen LogP contribution in [-0.2, 0) is 0 Å². The number of halogens is 3. The van der Waals surface area contributed by atoms with Crippen LogP contribution < -0.4 is 5.32 Å². The molecule has 16 heavy (non-hydrogen) atoms. The maximum atomic E-state index is 12.0. The molecule has 0 radical (unpaired) electrons. The van der Waals surface area contributed by atoms with Crippen molar-refractivity contribution < 1.29 is 18.3 Å². The van der Waals surface area contributed by atoms with Crippen molar-refractivity contribution in [3.8, 4) is 0 Å². The third-order valence-corrected chi connectivity index (χ3v) is 2.47. The minimum atomic E-state index is -4.10. The van der Waals surface area contributed by atoms with E-state index in [0.29, 0.717) is 18.9 Å². The van der Waals surface area contributed by atoms with Crippen LogP contribution in [0.2, 0.25) is 0 Å². The number of hydrogen-bond acceptors (Lipinski definition) is 2. The van der Waals surface area contributed by atoms with Crippen LogP contribution in [0, 0.1) is 5.92 Å². The lowest BCUT2D eigenvalue weighted by molar-refractivity contribution is -0.136. The van der Waals surface area contributed by atoms with Crippen molar-refractivity contribution in [2.24, 2.45) is 5.92 Å². The van der Waals surface area contributed by atoms with Crippen LogP contribution in [0.25, 0.3) is 0 Å². The Morgan fingerprint density at radius 1 is 1.19 bits per heavy atom. The average Bonchev–Trinajstić information content (AvgIpc) is 2.13. The van der Waals surface area contributed by atoms with Crippen molar-refractivity contribution in [1.29, 1.82) is 0 Å². The highest BCUT2D eigenvalue weighted by atomic mass is 19.4. The largest absolute Gasteiger partial charge is 0.394 e. The van der Waals surface area contributed by atoms with Crippen LogP contribution in [0.15, 0.2) is 0 Å². The smallest absolute Gasteiger partial charge is 0.389 e. The van der Waals surface area contributed by atoms with Crippen LogP contribution in [0.3, 0.4) is 0 Å². The van der Waals surface area contributed by atoms with Gasteiger partial charge in [0, 0.05) is 12.0 Å². The number of aliphatic hydroxyl groups is 1. The Hall–Kier alpha value is -0.290. The standard InChI is InChI=1S/C11H22F3NO/c1-9(2)7-15-10(3,8-16)5-4-6-11(12,13)14/h9,15-16H,4-8H2,1-3H3. The summed E-state index contributed by atoms with van der Waals surface area (Å²) in [5, 5.41) is 12.3. The third kappa shape index (κ3) is 7.93. The number of nitrogens with one attached hydrogen (secondary N) is 1. The molecule has 0 aromatic carbocycles. The van der Waals surface area contributed by atoms with E-state index in [1.54, 1.807) is 6.92 Å². The first-order valence-electron chi connectivity index (χ1n) is 5.61. The molecule has 0 spiro atoms. The normalized spacial score (nSPS) is 16.5. The summed E-state index contributed by atoms with van der Waals surface area (Å²) in [6.45, 7) is 6.34. The van der Waals surface area contributed by atoms with Crippen LogP contribution >= 0.6 is 0 Å². The molecule has 0 fully saturated rings. The molecule has 0 bridgehead atoms. The topological polar surface area (TPSA) is 32.3 Å². The zero-order valence-electron chi connectivity index (χ0n) is 10.2. The zero-order valence-corrected chi connectivity index (χ0v) is 10.2. The van der Waals surface area contributed by atoms with E-state index in [0.717, 1.165) is 0 Å². The molecule has 0 aliphatic rings.